The van der Waals surface area contributed by atoms with Gasteiger partial charge in [0, 0.05) is 31.8 Å². The van der Waals surface area contributed by atoms with Gasteiger partial charge < -0.3 is 15.0 Å². The van der Waals surface area contributed by atoms with E-state index in [0.717, 1.165) is 18.4 Å². The molecule has 120 valence electrons. The van der Waals surface area contributed by atoms with Gasteiger partial charge in [-0.05, 0) is 38.3 Å². The monoisotopic (exact) mass is 307 g/mol. The fourth-order valence-corrected chi connectivity index (χ4v) is 2.68. The summed E-state index contributed by atoms with van der Waals surface area (Å²) in [6.45, 7) is 4.71. The summed E-state index contributed by atoms with van der Waals surface area (Å²) in [6.07, 6.45) is 1.88. The third-order valence-electron chi connectivity index (χ3n) is 3.98. The van der Waals surface area contributed by atoms with Crippen LogP contribution in [-0.2, 0) is 4.74 Å². The van der Waals surface area contributed by atoms with E-state index in [4.69, 9.17) is 4.74 Å². The summed E-state index contributed by atoms with van der Waals surface area (Å²) in [5.74, 6) is 0. The Bertz CT molecular complexity index is 588. The van der Waals surface area contributed by atoms with Gasteiger partial charge in [-0.1, -0.05) is 0 Å². The number of nitro benzene ring substituents is 1. The average molecular weight is 307 g/mol. The molecule has 22 heavy (non-hydrogen) atoms. The van der Waals surface area contributed by atoms with Crippen molar-refractivity contribution in [3.05, 3.63) is 33.4 Å². The Hall–Kier alpha value is -2.15. The molecule has 1 saturated heterocycles. The van der Waals surface area contributed by atoms with Crippen molar-refractivity contribution in [1.29, 1.82) is 0 Å². The first kappa shape index (κ1) is 16.2. The van der Waals surface area contributed by atoms with Crippen LogP contribution in [0.2, 0.25) is 0 Å². The zero-order valence-corrected chi connectivity index (χ0v) is 13.1. The van der Waals surface area contributed by atoms with Crippen LogP contribution in [0.5, 0.6) is 0 Å². The molecule has 1 atom stereocenters. The van der Waals surface area contributed by atoms with E-state index in [1.807, 2.05) is 6.92 Å². The number of nitro groups is 1. The Morgan fingerprint density at radius 1 is 1.41 bits per heavy atom. The lowest BCUT2D eigenvalue weighted by atomic mass is 10.1. The lowest BCUT2D eigenvalue weighted by Gasteiger charge is -2.32. The number of urea groups is 1. The van der Waals surface area contributed by atoms with Crippen LogP contribution in [0.4, 0.5) is 16.2 Å². The summed E-state index contributed by atoms with van der Waals surface area (Å²) in [6, 6.07) is 2.88. The van der Waals surface area contributed by atoms with Crippen LogP contribution in [0.25, 0.3) is 0 Å². The summed E-state index contributed by atoms with van der Waals surface area (Å²) in [4.78, 5) is 24.6. The zero-order chi connectivity index (χ0) is 16.3. The van der Waals surface area contributed by atoms with Crippen molar-refractivity contribution in [3.8, 4) is 0 Å². The van der Waals surface area contributed by atoms with E-state index in [9.17, 15) is 14.9 Å². The molecule has 1 aliphatic heterocycles. The molecule has 0 bridgehead atoms. The van der Waals surface area contributed by atoms with Crippen LogP contribution in [0, 0.1) is 24.0 Å². The Balaban J connectivity index is 2.14. The fourth-order valence-electron chi connectivity index (χ4n) is 2.68. The smallest absolute Gasteiger partial charge is 0.321 e. The van der Waals surface area contributed by atoms with Crippen LogP contribution in [-0.4, -0.2) is 42.2 Å². The molecule has 1 heterocycles. The number of ether oxygens (including phenoxy) is 1. The fraction of sp³-hybridized carbons (Fsp3) is 0.533. The van der Waals surface area contributed by atoms with Gasteiger partial charge in [-0.3, -0.25) is 10.1 Å². The van der Waals surface area contributed by atoms with Gasteiger partial charge in [0.25, 0.3) is 5.69 Å². The van der Waals surface area contributed by atoms with Gasteiger partial charge in [0.05, 0.1) is 16.7 Å². The van der Waals surface area contributed by atoms with E-state index < -0.39 is 4.92 Å². The standard InChI is InChI=1S/C15H21N3O4/c1-10-7-11(2)14(18(20)21)8-13(10)16-15(19)17-6-4-5-12(9-17)22-3/h7-8,12H,4-6,9H2,1-3H3,(H,16,19)/t12-/m0/s1. The maximum Gasteiger partial charge on any atom is 0.321 e. The van der Waals surface area contributed by atoms with E-state index in [-0.39, 0.29) is 17.8 Å². The highest BCUT2D eigenvalue weighted by Gasteiger charge is 2.24. The minimum Gasteiger partial charge on any atom is -0.380 e. The number of anilines is 1. The number of hydrogen-bond acceptors (Lipinski definition) is 4. The molecule has 0 aromatic heterocycles. The molecule has 1 aliphatic rings. The summed E-state index contributed by atoms with van der Waals surface area (Å²) in [5, 5.41) is 13.8. The molecule has 0 spiro atoms. The third-order valence-corrected chi connectivity index (χ3v) is 3.98. The number of carbonyl (C=O) groups excluding carboxylic acids is 1. The highest BCUT2D eigenvalue weighted by atomic mass is 16.6. The second-order valence-electron chi connectivity index (χ2n) is 5.59. The van der Waals surface area contributed by atoms with Crippen LogP contribution in [0.15, 0.2) is 12.1 Å². The number of carbonyl (C=O) groups is 1. The Kier molecular flexibility index (Phi) is 4.97. The molecule has 0 unspecified atom stereocenters. The normalized spacial score (nSPS) is 18.1. The summed E-state index contributed by atoms with van der Waals surface area (Å²) in [7, 11) is 1.64. The number of likely N-dealkylation sites (tertiary alicyclic amines) is 1. The van der Waals surface area contributed by atoms with Crippen LogP contribution >= 0.6 is 0 Å². The minimum absolute atomic E-state index is 0.00862. The van der Waals surface area contributed by atoms with Crippen LogP contribution in [0.1, 0.15) is 24.0 Å². The average Bonchev–Trinajstić information content (AvgIpc) is 2.49. The number of hydrogen-bond donors (Lipinski definition) is 1. The molecule has 1 aromatic rings. The molecule has 7 heteroatoms. The zero-order valence-electron chi connectivity index (χ0n) is 13.1. The molecule has 0 aliphatic carbocycles. The third kappa shape index (κ3) is 3.54. The minimum atomic E-state index is -0.438. The van der Waals surface area contributed by atoms with Gasteiger partial charge in [-0.15, -0.1) is 0 Å². The van der Waals surface area contributed by atoms with Crippen molar-refractivity contribution in [2.45, 2.75) is 32.8 Å². The number of piperidine rings is 1. The van der Waals surface area contributed by atoms with Crippen molar-refractivity contribution in [2.75, 3.05) is 25.5 Å². The second kappa shape index (κ2) is 6.74. The van der Waals surface area contributed by atoms with Gasteiger partial charge in [-0.25, -0.2) is 4.79 Å². The van der Waals surface area contributed by atoms with E-state index in [1.54, 1.807) is 25.0 Å². The Morgan fingerprint density at radius 2 is 2.14 bits per heavy atom. The predicted molar refractivity (Wildman–Crippen MR) is 83.2 cm³/mol. The lowest BCUT2D eigenvalue weighted by Crippen LogP contribution is -2.44. The quantitative estimate of drug-likeness (QED) is 0.687. The molecule has 1 aromatic carbocycles. The van der Waals surface area contributed by atoms with Gasteiger partial charge >= 0.3 is 6.03 Å². The number of methoxy groups -OCH3 is 1. The van der Waals surface area contributed by atoms with Crippen molar-refractivity contribution in [2.24, 2.45) is 0 Å². The highest BCUT2D eigenvalue weighted by molar-refractivity contribution is 5.90. The van der Waals surface area contributed by atoms with Crippen molar-refractivity contribution in [1.82, 2.24) is 4.90 Å². The first-order valence-electron chi connectivity index (χ1n) is 7.26. The molecule has 2 amide bonds. The maximum absolute atomic E-state index is 12.3. The van der Waals surface area contributed by atoms with Crippen molar-refractivity contribution in [3.63, 3.8) is 0 Å². The van der Waals surface area contributed by atoms with Crippen molar-refractivity contribution >= 4 is 17.4 Å². The summed E-state index contributed by atoms with van der Waals surface area (Å²) >= 11 is 0. The predicted octanol–water partition coefficient (Wildman–Crippen LogP) is 2.85. The first-order chi connectivity index (χ1) is 10.4. The Morgan fingerprint density at radius 3 is 2.77 bits per heavy atom. The number of rotatable bonds is 3. The van der Waals surface area contributed by atoms with Crippen LogP contribution < -0.4 is 5.32 Å². The second-order valence-corrected chi connectivity index (χ2v) is 5.59. The molecule has 1 fully saturated rings. The number of nitrogens with zero attached hydrogens (tertiary/aromatic N) is 2. The molecular formula is C15H21N3O4. The van der Waals surface area contributed by atoms with Gasteiger partial charge in [0.15, 0.2) is 0 Å². The summed E-state index contributed by atoms with van der Waals surface area (Å²) in [5.41, 5.74) is 1.87. The highest BCUT2D eigenvalue weighted by Crippen LogP contribution is 2.26. The largest absolute Gasteiger partial charge is 0.380 e. The first-order valence-corrected chi connectivity index (χ1v) is 7.26. The Labute approximate surface area is 129 Å². The molecule has 0 saturated carbocycles. The molecule has 2 rings (SSSR count). The number of nitrogens with one attached hydrogen (secondary N) is 1. The molecule has 1 N–H and O–H groups in total. The number of aryl methyl sites for hydroxylation is 2. The topological polar surface area (TPSA) is 84.7 Å². The molecule has 0 radical (unpaired) electrons. The lowest BCUT2D eigenvalue weighted by molar-refractivity contribution is -0.385. The van der Waals surface area contributed by atoms with E-state index in [2.05, 4.69) is 5.32 Å². The van der Waals surface area contributed by atoms with Crippen LogP contribution in [0.3, 0.4) is 0 Å². The van der Waals surface area contributed by atoms with Gasteiger partial charge in [-0.2, -0.15) is 0 Å². The molecule has 7 nitrogen and oxygen atoms in total. The van der Waals surface area contributed by atoms with Gasteiger partial charge in [0.2, 0.25) is 0 Å². The maximum atomic E-state index is 12.3. The van der Waals surface area contributed by atoms with Gasteiger partial charge in [0.1, 0.15) is 0 Å². The number of benzene rings is 1. The van der Waals surface area contributed by atoms with E-state index >= 15 is 0 Å². The summed E-state index contributed by atoms with van der Waals surface area (Å²) < 4.78 is 5.30. The molecular weight excluding hydrogens is 286 g/mol. The van der Waals surface area contributed by atoms with Crippen molar-refractivity contribution < 1.29 is 14.5 Å². The number of amides is 2. The van der Waals surface area contributed by atoms with E-state index in [1.165, 1.54) is 6.07 Å². The SMILES string of the molecule is CO[C@H]1CCCN(C(=O)Nc2cc([N+](=O)[O-])c(C)cc2C)C1. The van der Waals surface area contributed by atoms with E-state index in [0.29, 0.717) is 24.3 Å².